The van der Waals surface area contributed by atoms with Crippen LogP contribution in [0.4, 0.5) is 34.1 Å². The number of hydrogen-bond donors (Lipinski definition) is 0. The van der Waals surface area contributed by atoms with Gasteiger partial charge in [0, 0.05) is 34.1 Å². The molecule has 0 aliphatic carbocycles. The predicted molar refractivity (Wildman–Crippen MR) is 251 cm³/mol. The second kappa shape index (κ2) is 23.2. The lowest BCUT2D eigenvalue weighted by Crippen LogP contribution is -2.10. The quantitative estimate of drug-likeness (QED) is 0.0345. The number of rotatable bonds is 24. The highest BCUT2D eigenvalue weighted by Crippen LogP contribution is 2.37. The molecule has 0 heterocycles. The molecule has 6 aromatic carbocycles. The van der Waals surface area contributed by atoms with Gasteiger partial charge in [-0.1, -0.05) is 109 Å². The lowest BCUT2D eigenvalue weighted by molar-refractivity contribution is 0.149. The van der Waals surface area contributed by atoms with E-state index >= 15 is 0 Å². The van der Waals surface area contributed by atoms with Gasteiger partial charge in [0.25, 0.3) is 0 Å². The zero-order valence-electron chi connectivity index (χ0n) is 34.3. The second-order valence-corrected chi connectivity index (χ2v) is 14.1. The van der Waals surface area contributed by atoms with Gasteiger partial charge in [-0.3, -0.25) is 0 Å². The summed E-state index contributed by atoms with van der Waals surface area (Å²) in [5.74, 6) is 0. The molecule has 0 atom stereocenters. The third-order valence-electron chi connectivity index (χ3n) is 9.57. The smallest absolute Gasteiger partial charge is 0.0721 e. The minimum absolute atomic E-state index is 0.521. The molecule has 6 aromatic rings. The molecule has 0 spiro atoms. The number of nitrogens with zero attached hydrogens (tertiary/aromatic N) is 2. The van der Waals surface area contributed by atoms with Gasteiger partial charge in [-0.25, -0.2) is 0 Å². The molecule has 0 saturated carbocycles. The van der Waals surface area contributed by atoms with E-state index in [1.807, 2.05) is 0 Å². The summed E-state index contributed by atoms with van der Waals surface area (Å²) >= 11 is 0. The lowest BCUT2D eigenvalue weighted by atomic mass is 10.1. The molecule has 6 rings (SSSR count). The minimum atomic E-state index is 0.521. The van der Waals surface area contributed by atoms with E-state index in [4.69, 9.17) is 18.9 Å². The lowest BCUT2D eigenvalue weighted by Gasteiger charge is -2.26. The Morgan fingerprint density at radius 2 is 0.500 bits per heavy atom. The van der Waals surface area contributed by atoms with Gasteiger partial charge in [-0.05, 0) is 106 Å². The molecule has 0 bridgehead atoms. The third-order valence-corrected chi connectivity index (χ3v) is 9.57. The first-order chi connectivity index (χ1) is 29.6. The maximum atomic E-state index is 5.68. The fourth-order valence-electron chi connectivity index (χ4n) is 6.56. The van der Waals surface area contributed by atoms with E-state index in [-0.39, 0.29) is 0 Å². The maximum absolute atomic E-state index is 5.68. The molecular formula is C54H54N2O4. The molecule has 0 radical (unpaired) electrons. The number of benzene rings is 6. The monoisotopic (exact) mass is 794 g/mol. The molecule has 0 aliphatic heterocycles. The molecule has 304 valence electrons. The van der Waals surface area contributed by atoms with Crippen LogP contribution >= 0.6 is 0 Å². The molecule has 60 heavy (non-hydrogen) atoms. The van der Waals surface area contributed by atoms with E-state index in [2.05, 4.69) is 194 Å². The van der Waals surface area contributed by atoms with Crippen molar-refractivity contribution in [2.45, 2.75) is 26.4 Å². The third kappa shape index (κ3) is 12.5. The van der Waals surface area contributed by atoms with E-state index in [9.17, 15) is 0 Å². The van der Waals surface area contributed by atoms with E-state index in [0.29, 0.717) is 52.9 Å². The standard InChI is InChI=1S/C54H54N2O4/c1-5-35-57-39-45-15-27-51(28-16-45)55(52-29-17-46(18-30-52)40-58-36-6-2)49-23-11-43(12-24-49)9-10-44-13-25-50(26-14-44)56(53-31-19-47(20-32-53)41-59-37-7-3)54-33-21-48(22-34-54)42-60-38-8-4/h5-34H,1-4,35-42H2/b10-9+. The molecule has 0 unspecified atom stereocenters. The van der Waals surface area contributed by atoms with Gasteiger partial charge in [0.2, 0.25) is 0 Å². The summed E-state index contributed by atoms with van der Waals surface area (Å²) in [7, 11) is 0. The van der Waals surface area contributed by atoms with Crippen LogP contribution in [0.25, 0.3) is 12.2 Å². The number of ether oxygens (including phenoxy) is 4. The first-order valence-electron chi connectivity index (χ1n) is 20.2. The second-order valence-electron chi connectivity index (χ2n) is 14.1. The zero-order valence-corrected chi connectivity index (χ0v) is 34.3. The van der Waals surface area contributed by atoms with Crippen LogP contribution in [0.1, 0.15) is 33.4 Å². The van der Waals surface area contributed by atoms with E-state index in [0.717, 1.165) is 67.5 Å². The minimum Gasteiger partial charge on any atom is -0.373 e. The summed E-state index contributed by atoms with van der Waals surface area (Å²) in [5, 5.41) is 0. The van der Waals surface area contributed by atoms with Gasteiger partial charge in [0.1, 0.15) is 0 Å². The largest absolute Gasteiger partial charge is 0.373 e. The van der Waals surface area contributed by atoms with Crippen LogP contribution in [-0.2, 0) is 45.4 Å². The van der Waals surface area contributed by atoms with Crippen molar-refractivity contribution in [2.24, 2.45) is 0 Å². The van der Waals surface area contributed by atoms with Crippen LogP contribution in [0.15, 0.2) is 196 Å². The normalized spacial score (nSPS) is 11.0. The van der Waals surface area contributed by atoms with Gasteiger partial charge in [0.15, 0.2) is 0 Å². The first kappa shape index (κ1) is 43.0. The summed E-state index contributed by atoms with van der Waals surface area (Å²) in [5.41, 5.74) is 12.9. The highest BCUT2D eigenvalue weighted by molar-refractivity contribution is 5.80. The van der Waals surface area contributed by atoms with Crippen molar-refractivity contribution in [3.05, 3.63) is 230 Å². The van der Waals surface area contributed by atoms with Crippen LogP contribution in [0.5, 0.6) is 0 Å². The molecule has 6 heteroatoms. The fraction of sp³-hybridized carbons (Fsp3) is 0.148. The average Bonchev–Trinajstić information content (AvgIpc) is 3.29. The molecule has 0 amide bonds. The fourth-order valence-corrected chi connectivity index (χ4v) is 6.56. The summed E-state index contributed by atoms with van der Waals surface area (Å²) in [4.78, 5) is 4.52. The van der Waals surface area contributed by atoms with Crippen molar-refractivity contribution >= 4 is 46.3 Å². The highest BCUT2D eigenvalue weighted by atomic mass is 16.5. The van der Waals surface area contributed by atoms with E-state index in [1.54, 1.807) is 24.3 Å². The molecule has 0 aliphatic rings. The van der Waals surface area contributed by atoms with E-state index < -0.39 is 0 Å². The SMILES string of the molecule is C=CCOCc1ccc(N(c2ccc(/C=C/c3ccc(N(c4ccc(COCC=C)cc4)c4ccc(COCC=C)cc4)cc3)cc2)c2ccc(COCC=C)cc2)cc1. The van der Waals surface area contributed by atoms with Crippen molar-refractivity contribution in [1.82, 2.24) is 0 Å². The molecular weight excluding hydrogens is 741 g/mol. The Morgan fingerprint density at radius 1 is 0.300 bits per heavy atom. The van der Waals surface area contributed by atoms with Gasteiger partial charge in [-0.15, -0.1) is 26.3 Å². The molecule has 0 saturated heterocycles. The Labute approximate surface area is 356 Å². The Morgan fingerprint density at radius 3 is 0.700 bits per heavy atom. The summed E-state index contributed by atoms with van der Waals surface area (Å²) in [6.07, 6.45) is 11.4. The van der Waals surface area contributed by atoms with E-state index in [1.165, 1.54) is 0 Å². The van der Waals surface area contributed by atoms with Crippen LogP contribution in [0, 0.1) is 0 Å². The Balaban J connectivity index is 1.20. The van der Waals surface area contributed by atoms with Gasteiger partial charge < -0.3 is 28.7 Å². The predicted octanol–water partition coefficient (Wildman–Crippen LogP) is 13.6. The van der Waals surface area contributed by atoms with Crippen LogP contribution in [-0.4, -0.2) is 26.4 Å². The van der Waals surface area contributed by atoms with Gasteiger partial charge in [0.05, 0.1) is 52.9 Å². The molecule has 0 fully saturated rings. The van der Waals surface area contributed by atoms with Crippen LogP contribution in [0.3, 0.4) is 0 Å². The molecule has 0 N–H and O–H groups in total. The van der Waals surface area contributed by atoms with Crippen molar-refractivity contribution in [1.29, 1.82) is 0 Å². The molecule has 0 aromatic heterocycles. The Bertz CT molecular complexity index is 1980. The topological polar surface area (TPSA) is 43.4 Å². The maximum Gasteiger partial charge on any atom is 0.0721 e. The van der Waals surface area contributed by atoms with Crippen molar-refractivity contribution in [3.63, 3.8) is 0 Å². The van der Waals surface area contributed by atoms with Crippen LogP contribution < -0.4 is 9.80 Å². The summed E-state index contributed by atoms with van der Waals surface area (Å²) < 4.78 is 22.7. The molecule has 6 nitrogen and oxygen atoms in total. The van der Waals surface area contributed by atoms with Crippen molar-refractivity contribution < 1.29 is 18.9 Å². The van der Waals surface area contributed by atoms with Gasteiger partial charge in [-0.2, -0.15) is 0 Å². The summed E-state index contributed by atoms with van der Waals surface area (Å²) in [6.45, 7) is 19.2. The van der Waals surface area contributed by atoms with Crippen molar-refractivity contribution in [3.8, 4) is 0 Å². The number of anilines is 6. The van der Waals surface area contributed by atoms with Gasteiger partial charge >= 0.3 is 0 Å². The number of hydrogen-bond acceptors (Lipinski definition) is 6. The highest BCUT2D eigenvalue weighted by Gasteiger charge is 2.15. The van der Waals surface area contributed by atoms with Crippen LogP contribution in [0.2, 0.25) is 0 Å². The average molecular weight is 795 g/mol. The Hall–Kier alpha value is -6.54. The first-order valence-corrected chi connectivity index (χ1v) is 20.2. The van der Waals surface area contributed by atoms with Crippen molar-refractivity contribution in [2.75, 3.05) is 36.2 Å². The zero-order chi connectivity index (χ0) is 41.8. The summed E-state index contributed by atoms with van der Waals surface area (Å²) in [6, 6.07) is 51.3. The Kier molecular flexibility index (Phi) is 16.6.